The first kappa shape index (κ1) is 32.3. The maximum atomic E-state index is 13.5. The van der Waals surface area contributed by atoms with Crippen LogP contribution in [0.4, 0.5) is 0 Å². The molecule has 45 heavy (non-hydrogen) atoms. The zero-order valence-corrected chi connectivity index (χ0v) is 26.6. The SMILES string of the molecule is Cc1cc(/C=C/N(C)C)c(C#N)c(=O)n1-c1ccc(S(=O)(=O)c2ccc(-n3c(C)cc(/C=C/N(C)C)c(C#N)c3=O)cc2)cc1. The molecule has 0 N–H and O–H groups in total. The molecular formula is C34H32N6O4S. The molecule has 0 aliphatic carbocycles. The third kappa shape index (κ3) is 6.49. The van der Waals surface area contributed by atoms with E-state index in [2.05, 4.69) is 0 Å². The van der Waals surface area contributed by atoms with Crippen LogP contribution < -0.4 is 11.1 Å². The molecule has 228 valence electrons. The molecular weight excluding hydrogens is 588 g/mol. The van der Waals surface area contributed by atoms with E-state index >= 15 is 0 Å². The second kappa shape index (κ2) is 12.9. The van der Waals surface area contributed by atoms with Gasteiger partial charge in [-0.2, -0.15) is 10.5 Å². The van der Waals surface area contributed by atoms with Crippen molar-refractivity contribution in [1.82, 2.24) is 18.9 Å². The zero-order valence-electron chi connectivity index (χ0n) is 25.8. The molecule has 0 aliphatic rings. The summed E-state index contributed by atoms with van der Waals surface area (Å²) < 4.78 is 29.7. The van der Waals surface area contributed by atoms with Crippen LogP contribution in [-0.2, 0) is 9.84 Å². The summed E-state index contributed by atoms with van der Waals surface area (Å²) in [7, 11) is 3.37. The Labute approximate surface area is 262 Å². The smallest absolute Gasteiger partial charge is 0.273 e. The van der Waals surface area contributed by atoms with Gasteiger partial charge >= 0.3 is 0 Å². The summed E-state index contributed by atoms with van der Waals surface area (Å²) in [6.07, 6.45) is 6.87. The van der Waals surface area contributed by atoms with Crippen molar-refractivity contribution >= 4 is 22.0 Å². The molecule has 0 saturated carbocycles. The largest absolute Gasteiger partial charge is 0.383 e. The first-order valence-corrected chi connectivity index (χ1v) is 15.3. The van der Waals surface area contributed by atoms with E-state index in [1.54, 1.807) is 60.3 Å². The molecule has 11 heteroatoms. The van der Waals surface area contributed by atoms with Crippen molar-refractivity contribution in [2.45, 2.75) is 23.6 Å². The molecule has 0 atom stereocenters. The fourth-order valence-corrected chi connectivity index (χ4v) is 6.05. The van der Waals surface area contributed by atoms with Crippen molar-refractivity contribution in [2.24, 2.45) is 0 Å². The Morgan fingerprint density at radius 2 is 0.978 bits per heavy atom. The van der Waals surface area contributed by atoms with Gasteiger partial charge in [0.05, 0.1) is 9.79 Å². The zero-order chi connectivity index (χ0) is 33.1. The van der Waals surface area contributed by atoms with Crippen molar-refractivity contribution in [2.75, 3.05) is 28.2 Å². The molecule has 10 nitrogen and oxygen atoms in total. The van der Waals surface area contributed by atoms with Crippen LogP contribution in [0.1, 0.15) is 33.6 Å². The lowest BCUT2D eigenvalue weighted by Crippen LogP contribution is -2.24. The number of sulfone groups is 1. The van der Waals surface area contributed by atoms with Crippen LogP contribution in [0, 0.1) is 36.5 Å². The fraction of sp³-hybridized carbons (Fsp3) is 0.176. The molecule has 0 bridgehead atoms. The predicted octanol–water partition coefficient (Wildman–Crippen LogP) is 4.25. The average Bonchev–Trinajstić information content (AvgIpc) is 2.99. The maximum Gasteiger partial charge on any atom is 0.273 e. The van der Waals surface area contributed by atoms with Gasteiger partial charge in [0.25, 0.3) is 11.1 Å². The van der Waals surface area contributed by atoms with E-state index in [0.717, 1.165) is 0 Å². The lowest BCUT2D eigenvalue weighted by molar-refractivity contribution is 0.567. The first-order chi connectivity index (χ1) is 21.3. The molecule has 0 spiro atoms. The highest BCUT2D eigenvalue weighted by molar-refractivity contribution is 7.91. The number of aromatic nitrogens is 2. The number of hydrogen-bond donors (Lipinski definition) is 0. The molecule has 2 aromatic carbocycles. The van der Waals surface area contributed by atoms with Crippen LogP contribution in [0.2, 0.25) is 0 Å². The maximum absolute atomic E-state index is 13.5. The fourth-order valence-electron chi connectivity index (χ4n) is 4.79. The Morgan fingerprint density at radius 1 is 0.644 bits per heavy atom. The minimum atomic E-state index is -3.95. The van der Waals surface area contributed by atoms with Crippen molar-refractivity contribution in [1.29, 1.82) is 10.5 Å². The molecule has 4 aromatic rings. The Bertz CT molecular complexity index is 1990. The van der Waals surface area contributed by atoms with Gasteiger partial charge in [0.15, 0.2) is 0 Å². The molecule has 0 aliphatic heterocycles. The van der Waals surface area contributed by atoms with Crippen LogP contribution in [0.3, 0.4) is 0 Å². The summed E-state index contributed by atoms with van der Waals surface area (Å²) in [6.45, 7) is 3.48. The third-order valence-corrected chi connectivity index (χ3v) is 8.77. The number of benzene rings is 2. The van der Waals surface area contributed by atoms with Crippen molar-refractivity contribution < 1.29 is 8.42 Å². The van der Waals surface area contributed by atoms with E-state index in [1.165, 1.54) is 57.7 Å². The number of aryl methyl sites for hydroxylation is 2. The van der Waals surface area contributed by atoms with Crippen LogP contribution in [0.25, 0.3) is 23.5 Å². The Hall–Kier alpha value is -5.65. The van der Waals surface area contributed by atoms with Crippen molar-refractivity contribution in [3.8, 4) is 23.5 Å². The Morgan fingerprint density at radius 3 is 1.27 bits per heavy atom. The second-order valence-electron chi connectivity index (χ2n) is 10.8. The molecule has 2 heterocycles. The quantitative estimate of drug-likeness (QED) is 0.286. The summed E-state index contributed by atoms with van der Waals surface area (Å²) >= 11 is 0. The van der Waals surface area contributed by atoms with Crippen LogP contribution in [-0.4, -0.2) is 55.5 Å². The lowest BCUT2D eigenvalue weighted by Gasteiger charge is -2.14. The Balaban J connectivity index is 1.69. The summed E-state index contributed by atoms with van der Waals surface area (Å²) in [5.41, 5.74) is 1.92. The van der Waals surface area contributed by atoms with E-state index in [-0.39, 0.29) is 20.9 Å². The molecule has 0 unspecified atom stereocenters. The van der Waals surface area contributed by atoms with Gasteiger partial charge < -0.3 is 9.80 Å². The summed E-state index contributed by atoms with van der Waals surface area (Å²) in [6, 6.07) is 19.1. The third-order valence-electron chi connectivity index (χ3n) is 6.98. The molecule has 0 amide bonds. The van der Waals surface area contributed by atoms with Crippen LogP contribution in [0.5, 0.6) is 0 Å². The monoisotopic (exact) mass is 620 g/mol. The second-order valence-corrected chi connectivity index (χ2v) is 12.7. The molecule has 0 radical (unpaired) electrons. The van der Waals surface area contributed by atoms with Crippen molar-refractivity contribution in [3.63, 3.8) is 0 Å². The number of hydrogen-bond acceptors (Lipinski definition) is 8. The summed E-state index contributed by atoms with van der Waals surface area (Å²) in [4.78, 5) is 30.1. The number of rotatable bonds is 8. The lowest BCUT2D eigenvalue weighted by atomic mass is 10.1. The molecule has 2 aromatic heterocycles. The van der Waals surface area contributed by atoms with Gasteiger partial charge in [-0.1, -0.05) is 0 Å². The highest BCUT2D eigenvalue weighted by Gasteiger charge is 2.20. The van der Waals surface area contributed by atoms with Gasteiger partial charge in [-0.3, -0.25) is 18.7 Å². The molecule has 0 fully saturated rings. The normalized spacial score (nSPS) is 11.5. The van der Waals surface area contributed by atoms with Gasteiger partial charge in [0.1, 0.15) is 23.3 Å². The molecule has 4 rings (SSSR count). The first-order valence-electron chi connectivity index (χ1n) is 13.8. The standard InChI is InChI=1S/C34H32N6O4S/c1-23-19-25(15-17-37(3)4)31(21-35)33(41)39(23)27-7-11-29(12-8-27)45(43,44)30-13-9-28(10-14-30)40-24(2)20-26(16-18-38(5)6)32(22-36)34(40)42/h7-20H,1-6H3/b17-15+,18-16+. The van der Waals surface area contributed by atoms with E-state index in [0.29, 0.717) is 33.9 Å². The van der Waals surface area contributed by atoms with E-state index in [4.69, 9.17) is 0 Å². The predicted molar refractivity (Wildman–Crippen MR) is 174 cm³/mol. The average molecular weight is 621 g/mol. The summed E-state index contributed by atoms with van der Waals surface area (Å²) in [5.74, 6) is 0. The number of pyridine rings is 2. The van der Waals surface area contributed by atoms with Crippen LogP contribution >= 0.6 is 0 Å². The minimum Gasteiger partial charge on any atom is -0.383 e. The highest BCUT2D eigenvalue weighted by Crippen LogP contribution is 2.24. The number of nitrogens with zero attached hydrogens (tertiary/aromatic N) is 6. The van der Waals surface area contributed by atoms with E-state index in [9.17, 15) is 28.5 Å². The van der Waals surface area contributed by atoms with E-state index in [1.807, 2.05) is 40.3 Å². The number of nitriles is 2. The topological polar surface area (TPSA) is 132 Å². The van der Waals surface area contributed by atoms with Gasteiger partial charge in [-0.05, 0) is 99.1 Å². The van der Waals surface area contributed by atoms with Crippen LogP contribution in [0.15, 0.2) is 92.4 Å². The summed E-state index contributed by atoms with van der Waals surface area (Å²) in [5, 5.41) is 19.4. The molecule has 0 saturated heterocycles. The van der Waals surface area contributed by atoms with E-state index < -0.39 is 21.0 Å². The van der Waals surface area contributed by atoms with Gasteiger partial charge in [0, 0.05) is 62.1 Å². The van der Waals surface area contributed by atoms with Gasteiger partial charge in [0.2, 0.25) is 9.84 Å². The van der Waals surface area contributed by atoms with Gasteiger partial charge in [-0.15, -0.1) is 0 Å². The minimum absolute atomic E-state index is 0.00731. The van der Waals surface area contributed by atoms with Crippen molar-refractivity contribution in [3.05, 3.63) is 127 Å². The van der Waals surface area contributed by atoms with Gasteiger partial charge in [-0.25, -0.2) is 8.42 Å². The Kier molecular flexibility index (Phi) is 9.26. The highest BCUT2D eigenvalue weighted by atomic mass is 32.2.